The summed E-state index contributed by atoms with van der Waals surface area (Å²) in [7, 11) is 0. The molecular weight excluding hydrogens is 326 g/mol. The normalized spacial score (nSPS) is 17.1. The molecule has 1 aromatic rings. The maximum atomic E-state index is 5.53. The average Bonchev–Trinajstić information content (AvgIpc) is 3.32. The van der Waals surface area contributed by atoms with Gasteiger partial charge in [0.2, 0.25) is 0 Å². The molecule has 1 aliphatic heterocycles. The fourth-order valence-electron chi connectivity index (χ4n) is 2.02. The molecule has 23 heavy (non-hydrogen) atoms. The zero-order valence-corrected chi connectivity index (χ0v) is 13.2. The molecule has 109 valence electrons. The van der Waals surface area contributed by atoms with Crippen LogP contribution in [0.1, 0.15) is 5.56 Å². The van der Waals surface area contributed by atoms with Crippen LogP contribution in [0.5, 0.6) is 0 Å². The van der Waals surface area contributed by atoms with Gasteiger partial charge in [0.15, 0.2) is 0 Å². The van der Waals surface area contributed by atoms with Crippen molar-refractivity contribution >= 4 is 0 Å². The van der Waals surface area contributed by atoms with Gasteiger partial charge in [-0.15, -0.1) is 12.2 Å². The van der Waals surface area contributed by atoms with E-state index in [4.69, 9.17) is 4.74 Å². The van der Waals surface area contributed by atoms with Crippen LogP contribution in [-0.4, -0.2) is 12.6 Å². The Morgan fingerprint density at radius 1 is 1.13 bits per heavy atom. The van der Waals surface area contributed by atoms with Gasteiger partial charge in [-0.3, -0.25) is 11.5 Å². The molecule has 3 aliphatic rings. The van der Waals surface area contributed by atoms with Crippen molar-refractivity contribution in [3.05, 3.63) is 82.0 Å². The predicted octanol–water partition coefficient (Wildman–Crippen LogP) is 2.86. The number of ether oxygens (including phenoxy) is 1. The average molecular weight is 336 g/mol. The maximum absolute atomic E-state index is 5.53. The van der Waals surface area contributed by atoms with Gasteiger partial charge in [0.1, 0.15) is 0 Å². The van der Waals surface area contributed by atoms with E-state index >= 15 is 0 Å². The van der Waals surface area contributed by atoms with E-state index < -0.39 is 0 Å². The Morgan fingerprint density at radius 3 is 2.52 bits per heavy atom. The van der Waals surface area contributed by atoms with Crippen LogP contribution in [0.3, 0.4) is 0 Å². The summed E-state index contributed by atoms with van der Waals surface area (Å²) in [5, 5.41) is 4.52. The van der Waals surface area contributed by atoms with Gasteiger partial charge in [0, 0.05) is 5.88 Å². The summed E-state index contributed by atoms with van der Waals surface area (Å²) in [4.78, 5) is 0. The minimum absolute atomic E-state index is 0. The third kappa shape index (κ3) is 4.90. The molecule has 0 amide bonds. The number of hydrogen-bond acceptors (Lipinski definition) is 1. The summed E-state index contributed by atoms with van der Waals surface area (Å²) in [5.41, 5.74) is 9.50. The van der Waals surface area contributed by atoms with Gasteiger partial charge >= 0.3 is 17.1 Å². The monoisotopic (exact) mass is 336 g/mol. The van der Waals surface area contributed by atoms with Crippen molar-refractivity contribution in [1.82, 2.24) is 0 Å². The van der Waals surface area contributed by atoms with Crippen molar-refractivity contribution in [2.24, 2.45) is 0 Å². The fraction of sp³-hybridized carbons (Fsp3) is 0.150. The van der Waals surface area contributed by atoms with Crippen molar-refractivity contribution in [2.75, 3.05) is 6.61 Å². The van der Waals surface area contributed by atoms with E-state index in [1.54, 1.807) is 0 Å². The van der Waals surface area contributed by atoms with E-state index in [1.165, 1.54) is 5.56 Å². The van der Waals surface area contributed by atoms with Gasteiger partial charge in [-0.05, 0) is 35.7 Å². The van der Waals surface area contributed by atoms with Crippen molar-refractivity contribution in [2.45, 2.75) is 12.5 Å². The standard InChI is InChI=1S/C15H10NO.C5.Fe/c1-2-6-12(7-3-1)10-14-11-17-15(16-14)13-8-4-5-9-13;1-2-4-5-3-1;/h1-3,6-7,14H,10-11H2;;/q2*-1;+2/t14-;;/m1../s1. The van der Waals surface area contributed by atoms with Crippen LogP contribution in [0.4, 0.5) is 0 Å². The summed E-state index contributed by atoms with van der Waals surface area (Å²) in [6, 6.07) is 10.5. The van der Waals surface area contributed by atoms with Crippen LogP contribution < -0.4 is 0 Å². The molecule has 0 aromatic heterocycles. The molecule has 0 saturated carbocycles. The first-order chi connectivity index (χ1) is 10.9. The van der Waals surface area contributed by atoms with Gasteiger partial charge in [0.05, 0.1) is 12.2 Å². The van der Waals surface area contributed by atoms with Crippen LogP contribution in [-0.2, 0) is 28.2 Å². The van der Waals surface area contributed by atoms with Crippen LogP contribution in [0.15, 0.2) is 59.0 Å². The van der Waals surface area contributed by atoms with Gasteiger partial charge < -0.3 is 10.1 Å². The van der Waals surface area contributed by atoms with Crippen molar-refractivity contribution < 1.29 is 21.8 Å². The van der Waals surface area contributed by atoms with Crippen LogP contribution in [0.25, 0.3) is 5.32 Å². The van der Waals surface area contributed by atoms with Crippen molar-refractivity contribution in [3.63, 3.8) is 0 Å². The summed E-state index contributed by atoms with van der Waals surface area (Å²) in [6.45, 7) is 0.622. The molecule has 0 N–H and O–H groups in total. The first-order valence-electron chi connectivity index (χ1n) is 6.81. The number of hydrogen-bond donors (Lipinski definition) is 0. The second-order valence-corrected chi connectivity index (χ2v) is 4.59. The molecule has 1 radical (unpaired) electrons. The number of benzene rings is 1. The molecule has 3 heteroatoms. The van der Waals surface area contributed by atoms with Crippen molar-refractivity contribution in [1.29, 1.82) is 0 Å². The smallest absolute Gasteiger partial charge is 0.647 e. The summed E-state index contributed by atoms with van der Waals surface area (Å²) in [6.07, 6.45) is 5.90. The molecule has 4 rings (SSSR count). The third-order valence-electron chi connectivity index (χ3n) is 2.99. The number of nitrogens with zero attached hydrogens (tertiary/aromatic N) is 1. The zero-order chi connectivity index (χ0) is 15.0. The summed E-state index contributed by atoms with van der Waals surface area (Å²) >= 11 is 0. The Kier molecular flexibility index (Phi) is 6.27. The second-order valence-electron chi connectivity index (χ2n) is 4.59. The molecule has 1 atom stereocenters. The minimum atomic E-state index is 0. The molecule has 2 aliphatic carbocycles. The van der Waals surface area contributed by atoms with Crippen LogP contribution in [0, 0.1) is 35.8 Å². The SMILES string of the molecule is C1#CC(=C2[N-][C@H](Cc3ccccc3)CO2)C#C1.[C]1=C=C=C=[C-]1.[Fe+2]. The van der Waals surface area contributed by atoms with E-state index in [1.807, 2.05) is 18.2 Å². The number of rotatable bonds is 2. The van der Waals surface area contributed by atoms with Crippen LogP contribution >= 0.6 is 0 Å². The Hall–Kier alpha value is -2.72. The fourth-order valence-corrected chi connectivity index (χ4v) is 2.02. The van der Waals surface area contributed by atoms with Crippen molar-refractivity contribution in [3.8, 4) is 23.7 Å². The number of allylic oxidation sites excluding steroid dienone is 3. The van der Waals surface area contributed by atoms with Gasteiger partial charge in [-0.2, -0.15) is 0 Å². The molecule has 1 heterocycles. The van der Waals surface area contributed by atoms with Crippen LogP contribution in [0.2, 0.25) is 0 Å². The Balaban J connectivity index is 0.000000276. The van der Waals surface area contributed by atoms with E-state index in [2.05, 4.69) is 70.5 Å². The summed E-state index contributed by atoms with van der Waals surface area (Å²) < 4.78 is 5.53. The molecular formula is C20H10FeNO. The zero-order valence-electron chi connectivity index (χ0n) is 12.1. The Labute approximate surface area is 146 Å². The first-order valence-corrected chi connectivity index (χ1v) is 6.81. The van der Waals surface area contributed by atoms with E-state index in [0.29, 0.717) is 12.5 Å². The second kappa shape index (κ2) is 8.66. The maximum Gasteiger partial charge on any atom is 2.00 e. The molecule has 0 spiro atoms. The molecule has 2 nitrogen and oxygen atoms in total. The molecule has 1 fully saturated rings. The quantitative estimate of drug-likeness (QED) is 0.353. The van der Waals surface area contributed by atoms with E-state index in [-0.39, 0.29) is 23.1 Å². The molecule has 1 saturated heterocycles. The summed E-state index contributed by atoms with van der Waals surface area (Å²) in [5.74, 6) is 11.8. The first kappa shape index (κ1) is 16.6. The van der Waals surface area contributed by atoms with Gasteiger partial charge in [0.25, 0.3) is 0 Å². The molecule has 0 unspecified atom stereocenters. The predicted molar refractivity (Wildman–Crippen MR) is 82.8 cm³/mol. The van der Waals surface area contributed by atoms with Gasteiger partial charge in [-0.1, -0.05) is 36.4 Å². The third-order valence-corrected chi connectivity index (χ3v) is 2.99. The topological polar surface area (TPSA) is 23.3 Å². The van der Waals surface area contributed by atoms with E-state index in [0.717, 1.165) is 12.0 Å². The minimum Gasteiger partial charge on any atom is -0.647 e. The Morgan fingerprint density at radius 2 is 1.91 bits per heavy atom. The van der Waals surface area contributed by atoms with E-state index in [9.17, 15) is 0 Å². The molecule has 1 aromatic carbocycles. The van der Waals surface area contributed by atoms with Gasteiger partial charge in [-0.25, -0.2) is 5.73 Å². The largest absolute Gasteiger partial charge is 2.00 e. The molecule has 0 bridgehead atoms. The Bertz CT molecular complexity index is 817.